The molecule has 6 amide bonds. The Kier molecular flexibility index (Phi) is 13.4. The van der Waals surface area contributed by atoms with Crippen LogP contribution in [-0.2, 0) is 36.9 Å². The van der Waals surface area contributed by atoms with E-state index in [1.165, 1.54) is 18.6 Å². The summed E-state index contributed by atoms with van der Waals surface area (Å²) in [6.45, 7) is 4.54. The van der Waals surface area contributed by atoms with Crippen LogP contribution in [0.25, 0.3) is 0 Å². The topological polar surface area (TPSA) is 171 Å². The second-order valence-electron chi connectivity index (χ2n) is 16.5. The highest BCUT2D eigenvalue weighted by molar-refractivity contribution is 8.00. The first-order valence-electron chi connectivity index (χ1n) is 20.2. The molecule has 1 aromatic rings. The van der Waals surface area contributed by atoms with Gasteiger partial charge in [0.1, 0.15) is 5.82 Å². The number of fused-ring (bicyclic) bond motifs is 2. The number of nitrogens with zero attached hydrogens (tertiary/aromatic N) is 1. The Bertz CT molecular complexity index is 1520. The number of carbonyl (C=O) groups excluding carboxylic acids is 4. The van der Waals surface area contributed by atoms with Crippen LogP contribution < -0.4 is 31.9 Å². The first kappa shape index (κ1) is 40.0. The lowest BCUT2D eigenvalue weighted by atomic mass is 9.50. The molecule has 3 aliphatic heterocycles. The molecule has 55 heavy (non-hydrogen) atoms. The highest BCUT2D eigenvalue weighted by Gasteiger charge is 2.58. The summed E-state index contributed by atoms with van der Waals surface area (Å²) < 4.78 is 30.4. The van der Waals surface area contributed by atoms with Gasteiger partial charge in [0, 0.05) is 54.7 Å². The maximum Gasteiger partial charge on any atom is 0.315 e. The first-order chi connectivity index (χ1) is 26.7. The van der Waals surface area contributed by atoms with Gasteiger partial charge in [0.15, 0.2) is 0 Å². The van der Waals surface area contributed by atoms with E-state index >= 15 is 0 Å². The van der Waals surface area contributed by atoms with Crippen molar-refractivity contribution in [3.8, 4) is 0 Å². The molecule has 7 aliphatic rings. The van der Waals surface area contributed by atoms with Gasteiger partial charge in [-0.15, -0.1) is 0 Å². The largest absolute Gasteiger partial charge is 0.377 e. The van der Waals surface area contributed by atoms with E-state index in [4.69, 9.17) is 14.2 Å². The van der Waals surface area contributed by atoms with Crippen LogP contribution in [-0.4, -0.2) is 122 Å². The third-order valence-electron chi connectivity index (χ3n) is 12.2. The average molecular weight is 788 g/mol. The summed E-state index contributed by atoms with van der Waals surface area (Å²) in [4.78, 5) is 51.6. The van der Waals surface area contributed by atoms with Crippen LogP contribution in [0.15, 0.2) is 18.2 Å². The molecule has 0 aromatic heterocycles. The molecule has 4 aliphatic carbocycles. The third kappa shape index (κ3) is 10.6. The number of hydrogen-bond donors (Lipinski definition) is 6. The van der Waals surface area contributed by atoms with Gasteiger partial charge in [-0.25, -0.2) is 14.0 Å². The predicted molar refractivity (Wildman–Crippen MR) is 205 cm³/mol. The van der Waals surface area contributed by atoms with Crippen molar-refractivity contribution in [2.45, 2.75) is 106 Å². The van der Waals surface area contributed by atoms with E-state index in [0.717, 1.165) is 68.2 Å². The van der Waals surface area contributed by atoms with Gasteiger partial charge in [-0.1, -0.05) is 12.5 Å². The molecule has 6 N–H and O–H groups in total. The van der Waals surface area contributed by atoms with Gasteiger partial charge in [-0.05, 0) is 86.5 Å². The highest BCUT2D eigenvalue weighted by atomic mass is 32.2. The number of hydrogen-bond acceptors (Lipinski definition) is 9. The standard InChI is InChI=1S/C39H58FN7O7S/c40-30-6-5-28-22-47(23-29(28)16-30)34(49)21-43-38-17-26-15-27(18-38)20-39(19-26,25-38)46-36(50)42-8-10-53-12-14-54-13-11-52-9-7-41-33(48)4-2-1-3-32-35-31(24-55-32)44-37(51)45-35/h5-6,16,26-27,31-32,35,43H,1-4,7-15,17-25H2,(H,41,48)(H2,42,46,50)(H2,44,45,51). The molecule has 6 fully saturated rings. The van der Waals surface area contributed by atoms with Gasteiger partial charge in [0.2, 0.25) is 11.8 Å². The third-order valence-corrected chi connectivity index (χ3v) is 13.7. The fraction of sp³-hybridized carbons (Fsp3) is 0.744. The van der Waals surface area contributed by atoms with E-state index in [2.05, 4.69) is 31.9 Å². The van der Waals surface area contributed by atoms with Crippen LogP contribution in [0, 0.1) is 17.7 Å². The highest BCUT2D eigenvalue weighted by Crippen LogP contribution is 2.57. The normalized spacial score (nSPS) is 29.8. The number of thioether (sulfide) groups is 1. The summed E-state index contributed by atoms with van der Waals surface area (Å²) in [6.07, 6.45) is 9.27. The van der Waals surface area contributed by atoms with E-state index in [9.17, 15) is 23.6 Å². The Balaban J connectivity index is 0.677. The number of benzene rings is 1. The lowest BCUT2D eigenvalue weighted by Gasteiger charge is -2.62. The SMILES string of the molecule is O=C(CCCCC1SCC2NC(=O)NC21)NCCOCCOCCOCCNC(=O)NC12CC3CC(CC(NCC(=O)N4Cc5ccc(F)cc5C4)(C3)C1)C2. The zero-order valence-corrected chi connectivity index (χ0v) is 32.6. The van der Waals surface area contributed by atoms with Crippen molar-refractivity contribution in [2.75, 3.05) is 65.0 Å². The summed E-state index contributed by atoms with van der Waals surface area (Å²) >= 11 is 1.90. The molecule has 5 atom stereocenters. The predicted octanol–water partition coefficient (Wildman–Crippen LogP) is 2.54. The number of unbranched alkanes of at least 4 members (excludes halogenated alkanes) is 1. The minimum atomic E-state index is -0.275. The zero-order chi connectivity index (χ0) is 38.3. The monoisotopic (exact) mass is 787 g/mol. The lowest BCUT2D eigenvalue weighted by Crippen LogP contribution is -2.70. The quantitative estimate of drug-likeness (QED) is 0.0810. The second kappa shape index (κ2) is 18.4. The molecule has 304 valence electrons. The zero-order valence-electron chi connectivity index (χ0n) is 31.8. The van der Waals surface area contributed by atoms with Crippen molar-refractivity contribution >= 4 is 35.6 Å². The van der Waals surface area contributed by atoms with E-state index in [1.54, 1.807) is 11.0 Å². The molecule has 0 spiro atoms. The smallest absolute Gasteiger partial charge is 0.315 e. The minimum absolute atomic E-state index is 0.0275. The summed E-state index contributed by atoms with van der Waals surface area (Å²) in [5, 5.41) is 19.2. The molecule has 0 radical (unpaired) electrons. The van der Waals surface area contributed by atoms with Gasteiger partial charge in [-0.2, -0.15) is 11.8 Å². The van der Waals surface area contributed by atoms with Crippen molar-refractivity contribution in [1.29, 1.82) is 0 Å². The van der Waals surface area contributed by atoms with E-state index in [-0.39, 0.29) is 59.4 Å². The van der Waals surface area contributed by atoms with Crippen LogP contribution in [0.2, 0.25) is 0 Å². The number of halogens is 1. The van der Waals surface area contributed by atoms with Gasteiger partial charge in [0.25, 0.3) is 0 Å². The average Bonchev–Trinajstić information content (AvgIpc) is 3.84. The van der Waals surface area contributed by atoms with Gasteiger partial charge in [-0.3, -0.25) is 9.59 Å². The van der Waals surface area contributed by atoms with Crippen LogP contribution in [0.1, 0.15) is 75.3 Å². The van der Waals surface area contributed by atoms with Crippen molar-refractivity contribution in [3.05, 3.63) is 35.1 Å². The number of carbonyl (C=O) groups is 4. The summed E-state index contributed by atoms with van der Waals surface area (Å²) in [5.41, 5.74) is 1.45. The van der Waals surface area contributed by atoms with Crippen molar-refractivity contribution < 1.29 is 37.8 Å². The van der Waals surface area contributed by atoms with Crippen molar-refractivity contribution in [1.82, 2.24) is 36.8 Å². The molecule has 2 saturated heterocycles. The van der Waals surface area contributed by atoms with Crippen LogP contribution in [0.3, 0.4) is 0 Å². The maximum absolute atomic E-state index is 13.7. The Labute approximate surface area is 327 Å². The van der Waals surface area contributed by atoms with Gasteiger partial charge in [0.05, 0.1) is 58.3 Å². The Morgan fingerprint density at radius 1 is 0.873 bits per heavy atom. The lowest BCUT2D eigenvalue weighted by molar-refractivity contribution is -0.132. The number of ether oxygens (including phenoxy) is 3. The molecule has 3 heterocycles. The number of rotatable bonds is 21. The molecule has 14 nitrogen and oxygen atoms in total. The van der Waals surface area contributed by atoms with E-state index in [1.807, 2.05) is 11.8 Å². The van der Waals surface area contributed by atoms with Crippen LogP contribution >= 0.6 is 11.8 Å². The molecule has 5 unspecified atom stereocenters. The van der Waals surface area contributed by atoms with Crippen LogP contribution in [0.4, 0.5) is 14.0 Å². The van der Waals surface area contributed by atoms with Gasteiger partial charge < -0.3 is 51.0 Å². The fourth-order valence-electron chi connectivity index (χ4n) is 10.2. The Morgan fingerprint density at radius 3 is 2.33 bits per heavy atom. The number of urea groups is 2. The van der Waals surface area contributed by atoms with Gasteiger partial charge >= 0.3 is 12.1 Å². The Hall–Kier alpha value is -3.18. The van der Waals surface area contributed by atoms with E-state index < -0.39 is 0 Å². The van der Waals surface area contributed by atoms with Crippen molar-refractivity contribution in [2.24, 2.45) is 11.8 Å². The fourth-order valence-corrected chi connectivity index (χ4v) is 11.8. The summed E-state index contributed by atoms with van der Waals surface area (Å²) in [6, 6.07) is 4.94. The molecule has 8 rings (SSSR count). The maximum atomic E-state index is 13.7. The summed E-state index contributed by atoms with van der Waals surface area (Å²) in [5.74, 6) is 1.78. The molecular formula is C39H58FN7O7S. The number of amides is 6. The molecule has 1 aromatic carbocycles. The minimum Gasteiger partial charge on any atom is -0.377 e. The van der Waals surface area contributed by atoms with E-state index in [0.29, 0.717) is 89.3 Å². The number of nitrogens with one attached hydrogen (secondary N) is 6. The second-order valence-corrected chi connectivity index (χ2v) is 17.7. The first-order valence-corrected chi connectivity index (χ1v) is 21.3. The Morgan fingerprint density at radius 2 is 1.56 bits per heavy atom. The molecule has 16 heteroatoms. The molecule has 4 bridgehead atoms. The summed E-state index contributed by atoms with van der Waals surface area (Å²) in [7, 11) is 0. The molecule has 4 saturated carbocycles. The van der Waals surface area contributed by atoms with Crippen molar-refractivity contribution in [3.63, 3.8) is 0 Å². The van der Waals surface area contributed by atoms with Crippen LogP contribution in [0.5, 0.6) is 0 Å². The molecular weight excluding hydrogens is 730 g/mol.